The number of allylic oxidation sites excluding steroid dienone is 4. The van der Waals surface area contributed by atoms with Crippen LogP contribution >= 0.6 is 7.82 Å². The van der Waals surface area contributed by atoms with Crippen LogP contribution in [0.2, 0.25) is 0 Å². The molecular formula is C50H94NO10P. The molecule has 0 aromatic carbocycles. The fourth-order valence-corrected chi connectivity index (χ4v) is 7.99. The average Bonchev–Trinajstić information content (AvgIpc) is 3.25. The quantitative estimate of drug-likeness (QED) is 0.0230. The number of carboxylic acids is 1. The molecule has 0 bridgehead atoms. The van der Waals surface area contributed by atoms with E-state index in [1.54, 1.807) is 0 Å². The molecule has 0 aliphatic carbocycles. The van der Waals surface area contributed by atoms with Gasteiger partial charge in [0.1, 0.15) is 12.6 Å². The Hall–Kier alpha value is -2.04. The van der Waals surface area contributed by atoms with Crippen molar-refractivity contribution in [2.75, 3.05) is 19.8 Å². The summed E-state index contributed by atoms with van der Waals surface area (Å²) in [6, 6.07) is -1.52. The summed E-state index contributed by atoms with van der Waals surface area (Å²) in [5.41, 5.74) is 5.35. The third-order valence-electron chi connectivity index (χ3n) is 11.2. The van der Waals surface area contributed by atoms with Crippen molar-refractivity contribution in [3.8, 4) is 0 Å². The molecule has 0 rings (SSSR count). The highest BCUT2D eigenvalue weighted by molar-refractivity contribution is 7.47. The van der Waals surface area contributed by atoms with Gasteiger partial charge in [0, 0.05) is 12.8 Å². The molecule has 0 saturated carbocycles. The lowest BCUT2D eigenvalue weighted by Gasteiger charge is -2.20. The average molecular weight is 900 g/mol. The first kappa shape index (κ1) is 60.0. The third kappa shape index (κ3) is 44.6. The van der Waals surface area contributed by atoms with Gasteiger partial charge >= 0.3 is 25.7 Å². The Kier molecular flexibility index (Phi) is 44.0. The van der Waals surface area contributed by atoms with Gasteiger partial charge in [0.05, 0.1) is 13.2 Å². The molecule has 0 saturated heterocycles. The van der Waals surface area contributed by atoms with Crippen LogP contribution in [0.4, 0.5) is 0 Å². The lowest BCUT2D eigenvalue weighted by Crippen LogP contribution is -2.34. The molecule has 11 nitrogen and oxygen atoms in total. The smallest absolute Gasteiger partial charge is 0.472 e. The highest BCUT2D eigenvalue weighted by Gasteiger charge is 2.28. The minimum Gasteiger partial charge on any atom is -0.480 e. The standard InChI is InChI=1S/C50H94NO10P/c1-3-5-7-9-11-13-15-17-19-21-23-25-27-29-31-33-35-37-39-41-48(52)58-43-46(44-59-62(56,57)60-45-47(51)50(54)55)61-49(53)42-40-38-36-34-32-30-28-26-24-22-20-18-16-14-12-10-8-6-4-2/h11,13,17,19,46-47H,3-10,12,14-16,18,20-45,51H2,1-2H3,(H,54,55)(H,56,57)/b13-11-,19-17-/t46-,47+/m1/s1. The molecule has 0 spiro atoms. The highest BCUT2D eigenvalue weighted by Crippen LogP contribution is 2.43. The Morgan fingerprint density at radius 1 is 0.500 bits per heavy atom. The number of rotatable bonds is 48. The van der Waals surface area contributed by atoms with Crippen LogP contribution in [0.15, 0.2) is 24.3 Å². The lowest BCUT2D eigenvalue weighted by atomic mass is 10.0. The summed E-state index contributed by atoms with van der Waals surface area (Å²) in [6.07, 6.45) is 49.5. The van der Waals surface area contributed by atoms with Gasteiger partial charge < -0.3 is 25.2 Å². The molecule has 1 unspecified atom stereocenters. The van der Waals surface area contributed by atoms with Crippen LogP contribution in [0.1, 0.15) is 245 Å². The van der Waals surface area contributed by atoms with Crippen molar-refractivity contribution in [2.45, 2.75) is 257 Å². The number of ether oxygens (including phenoxy) is 2. The third-order valence-corrected chi connectivity index (χ3v) is 12.2. The van der Waals surface area contributed by atoms with Gasteiger partial charge in [-0.25, -0.2) is 4.57 Å². The van der Waals surface area contributed by atoms with Gasteiger partial charge in [-0.15, -0.1) is 0 Å². The number of carboxylic acid groups (broad SMARTS) is 1. The lowest BCUT2D eigenvalue weighted by molar-refractivity contribution is -0.161. The molecule has 0 heterocycles. The highest BCUT2D eigenvalue weighted by atomic mass is 31.2. The zero-order valence-electron chi connectivity index (χ0n) is 39.7. The number of esters is 2. The Labute approximate surface area is 379 Å². The summed E-state index contributed by atoms with van der Waals surface area (Å²) in [4.78, 5) is 46.2. The first-order valence-electron chi connectivity index (χ1n) is 25.4. The molecule has 0 radical (unpaired) electrons. The van der Waals surface area contributed by atoms with Crippen LogP contribution in [-0.4, -0.2) is 59.9 Å². The van der Waals surface area contributed by atoms with E-state index in [0.29, 0.717) is 12.8 Å². The van der Waals surface area contributed by atoms with Gasteiger partial charge in [-0.2, -0.15) is 0 Å². The van der Waals surface area contributed by atoms with Crippen LogP contribution < -0.4 is 5.73 Å². The minimum atomic E-state index is -4.72. The Morgan fingerprint density at radius 2 is 0.855 bits per heavy atom. The predicted octanol–water partition coefficient (Wildman–Crippen LogP) is 14.2. The van der Waals surface area contributed by atoms with Gasteiger partial charge in [0.25, 0.3) is 0 Å². The van der Waals surface area contributed by atoms with Crippen molar-refractivity contribution in [2.24, 2.45) is 5.73 Å². The first-order valence-corrected chi connectivity index (χ1v) is 26.9. The van der Waals surface area contributed by atoms with Gasteiger partial charge in [-0.3, -0.25) is 23.4 Å². The number of nitrogens with two attached hydrogens (primary N) is 1. The van der Waals surface area contributed by atoms with E-state index in [0.717, 1.165) is 51.4 Å². The van der Waals surface area contributed by atoms with Gasteiger partial charge in [-0.05, 0) is 44.9 Å². The predicted molar refractivity (Wildman–Crippen MR) is 254 cm³/mol. The monoisotopic (exact) mass is 900 g/mol. The summed E-state index contributed by atoms with van der Waals surface area (Å²) >= 11 is 0. The van der Waals surface area contributed by atoms with Crippen LogP contribution in [0, 0.1) is 0 Å². The van der Waals surface area contributed by atoms with Crippen LogP contribution in [0.5, 0.6) is 0 Å². The van der Waals surface area contributed by atoms with Crippen LogP contribution in [-0.2, 0) is 37.5 Å². The summed E-state index contributed by atoms with van der Waals surface area (Å²) in [6.45, 7) is 2.82. The number of hydrogen-bond donors (Lipinski definition) is 3. The van der Waals surface area contributed by atoms with E-state index >= 15 is 0 Å². The Morgan fingerprint density at radius 3 is 1.29 bits per heavy atom. The van der Waals surface area contributed by atoms with Crippen molar-refractivity contribution in [1.82, 2.24) is 0 Å². The number of phosphoric acid groups is 1. The fourth-order valence-electron chi connectivity index (χ4n) is 7.22. The number of carbonyl (C=O) groups excluding carboxylic acids is 2. The van der Waals surface area contributed by atoms with Crippen molar-refractivity contribution in [3.05, 3.63) is 24.3 Å². The van der Waals surface area contributed by atoms with Crippen LogP contribution in [0.3, 0.4) is 0 Å². The largest absolute Gasteiger partial charge is 0.480 e. The van der Waals surface area contributed by atoms with Gasteiger partial charge in [0.15, 0.2) is 6.10 Å². The second kappa shape index (κ2) is 45.5. The SMILES string of the molecule is CCCCC/C=C\C/C=C\CCCCCCCCCCCC(=O)OC[C@H](COP(=O)(O)OC[C@H](N)C(=O)O)OC(=O)CCCCCCCCCCCCCCCCCCCCC. The van der Waals surface area contributed by atoms with E-state index in [1.165, 1.54) is 154 Å². The zero-order chi connectivity index (χ0) is 45.6. The van der Waals surface area contributed by atoms with Crippen molar-refractivity contribution < 1.29 is 47.5 Å². The van der Waals surface area contributed by atoms with Gasteiger partial charge in [-0.1, -0.05) is 212 Å². The first-order chi connectivity index (χ1) is 30.1. The van der Waals surface area contributed by atoms with E-state index in [1.807, 2.05) is 0 Å². The fraction of sp³-hybridized carbons (Fsp3) is 0.860. The molecule has 0 fully saturated rings. The number of phosphoric ester groups is 1. The molecule has 62 heavy (non-hydrogen) atoms. The number of unbranched alkanes of at least 4 members (excludes halogenated alkanes) is 30. The minimum absolute atomic E-state index is 0.165. The maximum atomic E-state index is 12.7. The van der Waals surface area contributed by atoms with Crippen molar-refractivity contribution in [1.29, 1.82) is 0 Å². The van der Waals surface area contributed by atoms with Gasteiger partial charge in [0.2, 0.25) is 0 Å². The maximum Gasteiger partial charge on any atom is 0.472 e. The van der Waals surface area contributed by atoms with E-state index in [4.69, 9.17) is 24.8 Å². The van der Waals surface area contributed by atoms with Crippen molar-refractivity contribution in [3.63, 3.8) is 0 Å². The molecule has 364 valence electrons. The number of carbonyl (C=O) groups is 3. The van der Waals surface area contributed by atoms with E-state index in [-0.39, 0.29) is 19.4 Å². The summed E-state index contributed by atoms with van der Waals surface area (Å²) in [5.74, 6) is -2.37. The van der Waals surface area contributed by atoms with Crippen molar-refractivity contribution >= 4 is 25.7 Å². The topological polar surface area (TPSA) is 172 Å². The molecule has 0 aromatic heterocycles. The number of aliphatic carboxylic acids is 1. The molecule has 0 amide bonds. The normalized spacial score (nSPS) is 13.7. The van der Waals surface area contributed by atoms with E-state index in [9.17, 15) is 23.8 Å². The molecule has 3 atom stereocenters. The molecule has 12 heteroatoms. The summed E-state index contributed by atoms with van der Waals surface area (Å²) in [7, 11) is -4.72. The molecular weight excluding hydrogens is 806 g/mol. The van der Waals surface area contributed by atoms with Crippen LogP contribution in [0.25, 0.3) is 0 Å². The Balaban J connectivity index is 4.23. The zero-order valence-corrected chi connectivity index (χ0v) is 40.6. The molecule has 0 aliphatic heterocycles. The molecule has 4 N–H and O–H groups in total. The summed E-state index contributed by atoms with van der Waals surface area (Å²) in [5, 5.41) is 8.92. The van der Waals surface area contributed by atoms with E-state index < -0.39 is 51.1 Å². The second-order valence-electron chi connectivity index (χ2n) is 17.3. The second-order valence-corrected chi connectivity index (χ2v) is 18.8. The Bertz CT molecular complexity index is 1150. The maximum absolute atomic E-state index is 12.7. The molecule has 0 aliphatic rings. The number of hydrogen-bond acceptors (Lipinski definition) is 9. The van der Waals surface area contributed by atoms with E-state index in [2.05, 4.69) is 42.7 Å². The summed E-state index contributed by atoms with van der Waals surface area (Å²) < 4.78 is 32.8. The molecule has 0 aromatic rings.